The third kappa shape index (κ3) is 6.64. The van der Waals surface area contributed by atoms with Gasteiger partial charge in [-0.15, -0.1) is 0 Å². The number of carbonyl (C=O) groups excluding carboxylic acids is 2. The number of hydrogen-bond donors (Lipinski definition) is 3. The van der Waals surface area contributed by atoms with E-state index in [1.807, 2.05) is 30.3 Å². The van der Waals surface area contributed by atoms with Crippen LogP contribution >= 0.6 is 0 Å². The number of phenols is 1. The minimum atomic E-state index is -1.00. The second-order valence-electron chi connectivity index (χ2n) is 12.5. The molecule has 44 heavy (non-hydrogen) atoms. The second kappa shape index (κ2) is 14.1. The van der Waals surface area contributed by atoms with Crippen molar-refractivity contribution in [1.82, 2.24) is 4.90 Å². The molecule has 8 nitrogen and oxygen atoms in total. The van der Waals surface area contributed by atoms with Crippen LogP contribution in [0.4, 0.5) is 0 Å². The summed E-state index contributed by atoms with van der Waals surface area (Å²) in [5.74, 6) is -1.99. The SMILES string of the molecule is CCC/C(=C\c1ccc(O)c2ccccc12)CC[C@H]1OB(O)C[C@H]2C1=C(CC)C[C@H]1C(=O)N(CCCCCC(=O)O)C(=O)[C@H]12. The lowest BCUT2D eigenvalue weighted by atomic mass is 9.58. The molecule has 0 bridgehead atoms. The summed E-state index contributed by atoms with van der Waals surface area (Å²) in [4.78, 5) is 39.4. The number of carbonyl (C=O) groups is 3. The standard InChI is InChI=1S/C35H44BNO7/c1-3-10-22(19-24-15-16-29(38)26-12-8-7-11-25(24)26)14-17-30-32-23(4-2)20-27-33(28(32)21-36(43)44-30)35(42)37(34(27)41)18-9-5-6-13-31(39)40/h7-8,11-12,15-16,19,27-28,30,33,38,43H,3-6,9-10,13-14,17-18,20-21H2,1-2H3,(H,39,40)/b22-19+/t27-,28+,30-,33-/m1/s1. The number of amides is 2. The van der Waals surface area contributed by atoms with E-state index in [1.165, 1.54) is 16.0 Å². The number of allylic oxidation sites excluding steroid dienone is 2. The highest BCUT2D eigenvalue weighted by Crippen LogP contribution is 2.51. The van der Waals surface area contributed by atoms with E-state index >= 15 is 0 Å². The van der Waals surface area contributed by atoms with Gasteiger partial charge in [-0.1, -0.05) is 74.2 Å². The third-order valence-corrected chi connectivity index (χ3v) is 9.69. The first-order chi connectivity index (χ1) is 21.2. The van der Waals surface area contributed by atoms with Crippen LogP contribution in [0.1, 0.15) is 83.6 Å². The monoisotopic (exact) mass is 601 g/mol. The maximum Gasteiger partial charge on any atom is 0.455 e. The summed E-state index contributed by atoms with van der Waals surface area (Å²) in [6.07, 6.45) is 8.65. The fourth-order valence-electron chi connectivity index (χ4n) is 7.67. The Morgan fingerprint density at radius 3 is 2.50 bits per heavy atom. The van der Waals surface area contributed by atoms with Gasteiger partial charge in [0.25, 0.3) is 0 Å². The predicted molar refractivity (Wildman–Crippen MR) is 171 cm³/mol. The number of benzene rings is 2. The average molecular weight is 602 g/mol. The molecule has 0 unspecified atom stereocenters. The van der Waals surface area contributed by atoms with Gasteiger partial charge in [0.05, 0.1) is 17.9 Å². The quantitative estimate of drug-likeness (QED) is 0.106. The molecule has 2 fully saturated rings. The van der Waals surface area contributed by atoms with Gasteiger partial charge >= 0.3 is 13.1 Å². The number of hydrogen-bond acceptors (Lipinski definition) is 6. The van der Waals surface area contributed by atoms with Crippen molar-refractivity contribution >= 4 is 41.8 Å². The summed E-state index contributed by atoms with van der Waals surface area (Å²) in [6.45, 7) is 4.55. The van der Waals surface area contributed by atoms with Crippen LogP contribution in [0.2, 0.25) is 6.32 Å². The van der Waals surface area contributed by atoms with Gasteiger partial charge in [0, 0.05) is 18.4 Å². The molecule has 0 aromatic heterocycles. The van der Waals surface area contributed by atoms with E-state index in [2.05, 4.69) is 19.9 Å². The van der Waals surface area contributed by atoms with Crippen LogP contribution < -0.4 is 0 Å². The fourth-order valence-corrected chi connectivity index (χ4v) is 7.67. The number of imide groups is 1. The third-order valence-electron chi connectivity index (χ3n) is 9.69. The first kappa shape index (κ1) is 32.0. The normalized spacial score (nSPS) is 23.8. The summed E-state index contributed by atoms with van der Waals surface area (Å²) in [7, 11) is -1.00. The average Bonchev–Trinajstić information content (AvgIpc) is 3.25. The van der Waals surface area contributed by atoms with Crippen LogP contribution in [0.15, 0.2) is 53.1 Å². The zero-order valence-corrected chi connectivity index (χ0v) is 25.8. The molecule has 9 heteroatoms. The number of unbranched alkanes of at least 4 members (excludes halogenated alkanes) is 2. The minimum absolute atomic E-state index is 0.0856. The van der Waals surface area contributed by atoms with Gasteiger partial charge in [-0.05, 0) is 79.8 Å². The van der Waals surface area contributed by atoms with Crippen LogP contribution in [-0.4, -0.2) is 57.7 Å². The van der Waals surface area contributed by atoms with Gasteiger partial charge in [0.15, 0.2) is 0 Å². The zero-order valence-electron chi connectivity index (χ0n) is 25.8. The molecule has 4 atom stereocenters. The summed E-state index contributed by atoms with van der Waals surface area (Å²) in [5.41, 5.74) is 4.59. The predicted octanol–water partition coefficient (Wildman–Crippen LogP) is 6.36. The molecule has 0 spiro atoms. The summed E-state index contributed by atoms with van der Waals surface area (Å²) >= 11 is 0. The smallest absolute Gasteiger partial charge is 0.455 e. The van der Waals surface area contributed by atoms with Crippen molar-refractivity contribution in [2.75, 3.05) is 6.54 Å². The summed E-state index contributed by atoms with van der Waals surface area (Å²) in [5, 5.41) is 31.9. The maximum absolute atomic E-state index is 13.7. The molecule has 2 aromatic rings. The molecule has 2 aromatic carbocycles. The van der Waals surface area contributed by atoms with Gasteiger partial charge < -0.3 is 19.9 Å². The number of phenolic OH excluding ortho intramolecular Hbond substituents is 1. The van der Waals surface area contributed by atoms with Crippen molar-refractivity contribution in [3.63, 3.8) is 0 Å². The Balaban J connectivity index is 1.35. The Morgan fingerprint density at radius 2 is 1.77 bits per heavy atom. The highest BCUT2D eigenvalue weighted by Gasteiger charge is 2.56. The fraction of sp³-hybridized carbons (Fsp3) is 0.514. The number of fused-ring (bicyclic) bond motifs is 4. The highest BCUT2D eigenvalue weighted by atomic mass is 16.5. The topological polar surface area (TPSA) is 124 Å². The molecule has 234 valence electrons. The van der Waals surface area contributed by atoms with Gasteiger partial charge in [-0.3, -0.25) is 19.3 Å². The second-order valence-corrected chi connectivity index (χ2v) is 12.5. The lowest BCUT2D eigenvalue weighted by Crippen LogP contribution is -2.46. The van der Waals surface area contributed by atoms with E-state index in [4.69, 9.17) is 9.76 Å². The van der Waals surface area contributed by atoms with Crippen molar-refractivity contribution < 1.29 is 34.3 Å². The Kier molecular flexibility index (Phi) is 10.3. The van der Waals surface area contributed by atoms with Crippen molar-refractivity contribution in [3.8, 4) is 5.75 Å². The molecular weight excluding hydrogens is 557 g/mol. The zero-order chi connectivity index (χ0) is 31.4. The maximum atomic E-state index is 13.7. The molecule has 2 heterocycles. The van der Waals surface area contributed by atoms with E-state index in [0.717, 1.165) is 47.6 Å². The molecule has 3 N–H and O–H groups in total. The van der Waals surface area contributed by atoms with Crippen LogP contribution in [0.25, 0.3) is 16.8 Å². The number of aliphatic carboxylic acids is 1. The molecule has 0 radical (unpaired) electrons. The van der Waals surface area contributed by atoms with E-state index in [0.29, 0.717) is 45.0 Å². The Labute approximate surface area is 259 Å². The lowest BCUT2D eigenvalue weighted by Gasteiger charge is -2.43. The number of aromatic hydroxyl groups is 1. The van der Waals surface area contributed by atoms with Gasteiger partial charge in [-0.2, -0.15) is 0 Å². The molecule has 1 aliphatic carbocycles. The van der Waals surface area contributed by atoms with Gasteiger partial charge in [-0.25, -0.2) is 0 Å². The van der Waals surface area contributed by atoms with Crippen molar-refractivity contribution in [2.24, 2.45) is 17.8 Å². The first-order valence-electron chi connectivity index (χ1n) is 16.3. The molecule has 2 amide bonds. The molecule has 3 aliphatic rings. The van der Waals surface area contributed by atoms with Crippen molar-refractivity contribution in [1.29, 1.82) is 0 Å². The molecule has 0 saturated carbocycles. The number of nitrogens with zero attached hydrogens (tertiary/aromatic N) is 1. The lowest BCUT2D eigenvalue weighted by molar-refractivity contribution is -0.141. The number of carboxylic acids is 1. The summed E-state index contributed by atoms with van der Waals surface area (Å²) in [6, 6.07) is 11.5. The Hall–Kier alpha value is -3.43. The first-order valence-corrected chi connectivity index (χ1v) is 16.3. The van der Waals surface area contributed by atoms with E-state index in [9.17, 15) is 24.5 Å². The van der Waals surface area contributed by atoms with Gasteiger partial charge in [0.2, 0.25) is 11.8 Å². The molecule has 2 aliphatic heterocycles. The van der Waals surface area contributed by atoms with Crippen LogP contribution in [0, 0.1) is 17.8 Å². The Morgan fingerprint density at radius 1 is 1.00 bits per heavy atom. The largest absolute Gasteiger partial charge is 0.507 e. The summed E-state index contributed by atoms with van der Waals surface area (Å²) < 4.78 is 6.18. The van der Waals surface area contributed by atoms with Crippen LogP contribution in [0.5, 0.6) is 5.75 Å². The molecule has 2 saturated heterocycles. The Bertz CT molecular complexity index is 1470. The minimum Gasteiger partial charge on any atom is -0.507 e. The highest BCUT2D eigenvalue weighted by molar-refractivity contribution is 6.43. The van der Waals surface area contributed by atoms with Crippen molar-refractivity contribution in [2.45, 2.75) is 90.5 Å². The van der Waals surface area contributed by atoms with E-state index in [1.54, 1.807) is 6.07 Å². The number of rotatable bonds is 13. The van der Waals surface area contributed by atoms with E-state index < -0.39 is 24.9 Å². The van der Waals surface area contributed by atoms with Gasteiger partial charge in [0.1, 0.15) is 5.75 Å². The van der Waals surface area contributed by atoms with Crippen molar-refractivity contribution in [3.05, 3.63) is 58.7 Å². The van der Waals surface area contributed by atoms with Crippen LogP contribution in [0.3, 0.4) is 0 Å². The van der Waals surface area contributed by atoms with E-state index in [-0.39, 0.29) is 36.0 Å². The van der Waals surface area contributed by atoms with Crippen LogP contribution in [-0.2, 0) is 19.0 Å². The molecule has 5 rings (SSSR count). The number of likely N-dealkylation sites (tertiary alicyclic amines) is 1. The molecular formula is C35H44BNO7. The number of carboxylic acid groups (broad SMARTS) is 1.